The van der Waals surface area contributed by atoms with Crippen LogP contribution in [0.1, 0.15) is 60.7 Å². The van der Waals surface area contributed by atoms with Crippen LogP contribution in [0.4, 0.5) is 10.5 Å². The lowest BCUT2D eigenvalue weighted by Gasteiger charge is -2.28. The molecule has 0 fully saturated rings. The predicted molar refractivity (Wildman–Crippen MR) is 141 cm³/mol. The first-order valence-corrected chi connectivity index (χ1v) is 12.4. The standard InChI is InChI=1S/C27H36N4O6/c1-27(2,3)37-26(36)29-21(25(34)35)11-6-7-14-28-20-13-12-19-22-17(20)9-8-10-18(22)23(32)31(24(19)33)16-15-30(4)5/h8-10,12-13,21,28H,6-7,11,14-16H2,1-5H3,(H,29,36)(H,34,35). The Morgan fingerprint density at radius 3 is 2.35 bits per heavy atom. The Morgan fingerprint density at radius 2 is 1.73 bits per heavy atom. The van der Waals surface area contributed by atoms with Crippen LogP contribution in [-0.2, 0) is 9.53 Å². The van der Waals surface area contributed by atoms with Gasteiger partial charge in [0.25, 0.3) is 11.8 Å². The van der Waals surface area contributed by atoms with E-state index in [2.05, 4.69) is 10.6 Å². The van der Waals surface area contributed by atoms with Crippen LogP contribution in [0.25, 0.3) is 10.8 Å². The predicted octanol–water partition coefficient (Wildman–Crippen LogP) is 3.56. The molecule has 0 spiro atoms. The number of hydrogen-bond donors (Lipinski definition) is 3. The van der Waals surface area contributed by atoms with Crippen LogP contribution in [0.15, 0.2) is 30.3 Å². The maximum atomic E-state index is 13.1. The summed E-state index contributed by atoms with van der Waals surface area (Å²) in [5.74, 6) is -1.70. The minimum Gasteiger partial charge on any atom is -0.480 e. The molecule has 0 aromatic heterocycles. The lowest BCUT2D eigenvalue weighted by molar-refractivity contribution is -0.139. The number of benzene rings is 2. The van der Waals surface area contributed by atoms with E-state index in [1.165, 1.54) is 4.90 Å². The number of carboxylic acid groups (broad SMARTS) is 1. The van der Waals surface area contributed by atoms with Gasteiger partial charge in [-0.3, -0.25) is 14.5 Å². The van der Waals surface area contributed by atoms with Crippen molar-refractivity contribution in [2.45, 2.75) is 51.7 Å². The van der Waals surface area contributed by atoms with Crippen molar-refractivity contribution in [2.75, 3.05) is 39.0 Å². The van der Waals surface area contributed by atoms with Gasteiger partial charge >= 0.3 is 12.1 Å². The summed E-state index contributed by atoms with van der Waals surface area (Å²) in [6, 6.07) is 7.98. The number of carbonyl (C=O) groups is 4. The number of alkyl carbamates (subject to hydrolysis) is 1. The van der Waals surface area contributed by atoms with E-state index in [4.69, 9.17) is 4.74 Å². The number of carbonyl (C=O) groups excluding carboxylic acids is 3. The van der Waals surface area contributed by atoms with Gasteiger partial charge in [-0.25, -0.2) is 9.59 Å². The van der Waals surface area contributed by atoms with E-state index in [1.807, 2.05) is 37.2 Å². The van der Waals surface area contributed by atoms with Crippen LogP contribution >= 0.6 is 0 Å². The van der Waals surface area contributed by atoms with Gasteiger partial charge in [-0.05, 0) is 72.3 Å². The topological polar surface area (TPSA) is 128 Å². The molecule has 3 amide bonds. The molecular weight excluding hydrogens is 476 g/mol. The number of amides is 3. The Balaban J connectivity index is 1.63. The minimum atomic E-state index is -1.11. The number of likely N-dealkylation sites (N-methyl/N-ethyl adjacent to an activating group) is 1. The van der Waals surface area contributed by atoms with Crippen molar-refractivity contribution in [3.05, 3.63) is 41.5 Å². The molecule has 0 aliphatic carbocycles. The van der Waals surface area contributed by atoms with Crippen molar-refractivity contribution in [3.63, 3.8) is 0 Å². The summed E-state index contributed by atoms with van der Waals surface area (Å²) in [6.07, 6.45) is 0.704. The molecule has 200 valence electrons. The quantitative estimate of drug-likeness (QED) is 0.308. The molecule has 1 heterocycles. The number of nitrogens with one attached hydrogen (secondary N) is 2. The Hall–Kier alpha value is -3.66. The van der Waals surface area contributed by atoms with Crippen LogP contribution in [0.5, 0.6) is 0 Å². The van der Waals surface area contributed by atoms with Gasteiger partial charge in [0.1, 0.15) is 11.6 Å². The normalized spacial score (nSPS) is 14.2. The summed E-state index contributed by atoms with van der Waals surface area (Å²) in [5.41, 5.74) is 1.10. The van der Waals surface area contributed by atoms with Gasteiger partial charge in [0.15, 0.2) is 0 Å². The van der Waals surface area contributed by atoms with Gasteiger partial charge < -0.3 is 25.4 Å². The second-order valence-electron chi connectivity index (χ2n) is 10.4. The molecule has 1 unspecified atom stereocenters. The molecule has 0 saturated heterocycles. The Kier molecular flexibility index (Phi) is 8.75. The Bertz CT molecular complexity index is 1170. The zero-order valence-electron chi connectivity index (χ0n) is 22.1. The van der Waals surface area contributed by atoms with Gasteiger partial charge in [0.2, 0.25) is 0 Å². The molecule has 10 nitrogen and oxygen atoms in total. The molecular formula is C27H36N4O6. The fraction of sp³-hybridized carbons (Fsp3) is 0.481. The highest BCUT2D eigenvalue weighted by molar-refractivity contribution is 6.26. The van der Waals surface area contributed by atoms with E-state index >= 15 is 0 Å². The molecule has 10 heteroatoms. The number of ether oxygens (including phenoxy) is 1. The molecule has 2 aromatic rings. The van der Waals surface area contributed by atoms with Crippen molar-refractivity contribution in [1.82, 2.24) is 15.1 Å². The average Bonchev–Trinajstić information content (AvgIpc) is 2.80. The van der Waals surface area contributed by atoms with Crippen molar-refractivity contribution in [3.8, 4) is 0 Å². The summed E-state index contributed by atoms with van der Waals surface area (Å²) in [6.45, 7) is 6.59. The van der Waals surface area contributed by atoms with Crippen LogP contribution in [-0.4, -0.2) is 84.2 Å². The zero-order valence-corrected chi connectivity index (χ0v) is 22.1. The van der Waals surface area contributed by atoms with Crippen LogP contribution in [0.2, 0.25) is 0 Å². The van der Waals surface area contributed by atoms with E-state index in [1.54, 1.807) is 32.9 Å². The van der Waals surface area contributed by atoms with E-state index in [0.29, 0.717) is 49.0 Å². The smallest absolute Gasteiger partial charge is 0.408 e. The monoisotopic (exact) mass is 512 g/mol. The van der Waals surface area contributed by atoms with Gasteiger partial charge in [-0.2, -0.15) is 0 Å². The number of carboxylic acids is 1. The Morgan fingerprint density at radius 1 is 1.05 bits per heavy atom. The molecule has 0 saturated carbocycles. The Labute approximate surface area is 216 Å². The number of aliphatic carboxylic acids is 1. The second kappa shape index (κ2) is 11.6. The van der Waals surface area contributed by atoms with Gasteiger partial charge in [-0.15, -0.1) is 0 Å². The van der Waals surface area contributed by atoms with Gasteiger partial charge in [0.05, 0.1) is 0 Å². The third kappa shape index (κ3) is 6.97. The molecule has 0 bridgehead atoms. The number of rotatable bonds is 11. The third-order valence-corrected chi connectivity index (χ3v) is 5.99. The number of nitrogens with zero attached hydrogens (tertiary/aromatic N) is 2. The highest BCUT2D eigenvalue weighted by Crippen LogP contribution is 2.34. The van der Waals surface area contributed by atoms with Gasteiger partial charge in [0, 0.05) is 47.2 Å². The van der Waals surface area contributed by atoms with Crippen molar-refractivity contribution < 1.29 is 29.0 Å². The number of anilines is 1. The largest absolute Gasteiger partial charge is 0.480 e. The molecule has 1 aliphatic heterocycles. The summed E-state index contributed by atoms with van der Waals surface area (Å²) in [5, 5.41) is 16.6. The summed E-state index contributed by atoms with van der Waals surface area (Å²) in [7, 11) is 3.79. The summed E-state index contributed by atoms with van der Waals surface area (Å²) < 4.78 is 5.14. The number of unbranched alkanes of at least 4 members (excludes halogenated alkanes) is 1. The molecule has 3 rings (SSSR count). The van der Waals surface area contributed by atoms with Crippen molar-refractivity contribution in [2.24, 2.45) is 0 Å². The minimum absolute atomic E-state index is 0.256. The summed E-state index contributed by atoms with van der Waals surface area (Å²) in [4.78, 5) is 52.9. The fourth-order valence-corrected chi connectivity index (χ4v) is 4.21. The van der Waals surface area contributed by atoms with Crippen molar-refractivity contribution >= 4 is 40.3 Å². The van der Waals surface area contributed by atoms with Crippen molar-refractivity contribution in [1.29, 1.82) is 0 Å². The number of hydrogen-bond acceptors (Lipinski definition) is 7. The highest BCUT2D eigenvalue weighted by Gasteiger charge is 2.33. The maximum Gasteiger partial charge on any atom is 0.408 e. The molecule has 2 aromatic carbocycles. The second-order valence-corrected chi connectivity index (χ2v) is 10.4. The first kappa shape index (κ1) is 27.9. The van der Waals surface area contributed by atoms with Crippen LogP contribution in [0.3, 0.4) is 0 Å². The first-order chi connectivity index (χ1) is 17.4. The lowest BCUT2D eigenvalue weighted by atomic mass is 9.93. The fourth-order valence-electron chi connectivity index (χ4n) is 4.21. The van der Waals surface area contributed by atoms with E-state index in [-0.39, 0.29) is 18.2 Å². The average molecular weight is 513 g/mol. The lowest BCUT2D eigenvalue weighted by Crippen LogP contribution is -2.43. The van der Waals surface area contributed by atoms with E-state index < -0.39 is 23.7 Å². The molecule has 1 atom stereocenters. The molecule has 1 aliphatic rings. The van der Waals surface area contributed by atoms with E-state index in [9.17, 15) is 24.3 Å². The highest BCUT2D eigenvalue weighted by atomic mass is 16.6. The molecule has 37 heavy (non-hydrogen) atoms. The molecule has 3 N–H and O–H groups in total. The zero-order chi connectivity index (χ0) is 27.3. The first-order valence-electron chi connectivity index (χ1n) is 12.4. The van der Waals surface area contributed by atoms with Gasteiger partial charge in [-0.1, -0.05) is 12.1 Å². The molecule has 0 radical (unpaired) electrons. The summed E-state index contributed by atoms with van der Waals surface area (Å²) >= 11 is 0. The SMILES string of the molecule is CN(C)CCN1C(=O)c2cccc3c(NCCCCC(NC(=O)OC(C)(C)C)C(=O)O)ccc(c23)C1=O. The number of imide groups is 1. The maximum absolute atomic E-state index is 13.1. The van der Waals surface area contributed by atoms with Crippen LogP contribution < -0.4 is 10.6 Å². The van der Waals surface area contributed by atoms with E-state index in [0.717, 1.165) is 11.1 Å². The third-order valence-electron chi connectivity index (χ3n) is 5.99. The van der Waals surface area contributed by atoms with Crippen LogP contribution in [0, 0.1) is 0 Å².